The third-order valence-corrected chi connectivity index (χ3v) is 4.62. The summed E-state index contributed by atoms with van der Waals surface area (Å²) in [5.41, 5.74) is 6.36. The van der Waals surface area contributed by atoms with Crippen molar-refractivity contribution in [3.8, 4) is 0 Å². The average molecular weight is 293 g/mol. The lowest BCUT2D eigenvalue weighted by Crippen LogP contribution is -2.18. The molecular weight excluding hydrogens is 266 g/mol. The van der Waals surface area contributed by atoms with Crippen LogP contribution in [0.1, 0.15) is 57.2 Å². The number of carboxylic acid groups (broad SMARTS) is 1. The second-order valence-electron chi connectivity index (χ2n) is 6.40. The number of nitrogens with two attached hydrogens (primary N) is 1. The number of hydrogen-bond acceptors (Lipinski definition) is 3. The molecule has 0 amide bonds. The maximum absolute atomic E-state index is 11.3. The molecule has 0 spiro atoms. The molecule has 0 saturated heterocycles. The van der Waals surface area contributed by atoms with Crippen molar-refractivity contribution in [2.24, 2.45) is 17.6 Å². The summed E-state index contributed by atoms with van der Waals surface area (Å²) < 4.78 is 2.18. The van der Waals surface area contributed by atoms with Crippen LogP contribution < -0.4 is 5.73 Å². The van der Waals surface area contributed by atoms with Gasteiger partial charge in [-0.25, -0.2) is 4.98 Å². The largest absolute Gasteiger partial charge is 0.481 e. The van der Waals surface area contributed by atoms with Gasteiger partial charge in [-0.05, 0) is 51.0 Å². The molecule has 1 aromatic rings. The van der Waals surface area contributed by atoms with Crippen molar-refractivity contribution >= 4 is 5.97 Å². The fourth-order valence-corrected chi connectivity index (χ4v) is 3.15. The zero-order valence-electron chi connectivity index (χ0n) is 12.9. The van der Waals surface area contributed by atoms with E-state index in [9.17, 15) is 9.90 Å². The summed E-state index contributed by atoms with van der Waals surface area (Å²) in [6.45, 7) is 2.85. The highest BCUT2D eigenvalue weighted by molar-refractivity contribution is 5.70. The molecule has 1 atom stereocenters. The lowest BCUT2D eigenvalue weighted by molar-refractivity contribution is -0.142. The summed E-state index contributed by atoms with van der Waals surface area (Å²) in [6, 6.07) is 0.537. The van der Waals surface area contributed by atoms with Gasteiger partial charge in [-0.2, -0.15) is 0 Å². The van der Waals surface area contributed by atoms with Crippen molar-refractivity contribution in [2.75, 3.05) is 6.54 Å². The van der Waals surface area contributed by atoms with Gasteiger partial charge in [0.05, 0.1) is 17.9 Å². The topological polar surface area (TPSA) is 81.1 Å². The average Bonchev–Trinajstić information content (AvgIpc) is 2.92. The number of nitrogens with zero attached hydrogens (tertiary/aromatic N) is 2. The van der Waals surface area contributed by atoms with E-state index in [1.807, 2.05) is 12.5 Å². The maximum Gasteiger partial charge on any atom is 0.306 e. The van der Waals surface area contributed by atoms with Crippen LogP contribution in [0.25, 0.3) is 0 Å². The van der Waals surface area contributed by atoms with E-state index in [0.717, 1.165) is 18.0 Å². The molecule has 1 saturated carbocycles. The standard InChI is InChI=1S/C16H27N3O2/c1-12-4-6-15(7-5-12)19-10-14(18-11-19)9-13(16(20)21)3-2-8-17/h10-13,15H,2-9,17H2,1H3,(H,20,21)/t12?,13-,15?/m1/s1. The van der Waals surface area contributed by atoms with Crippen molar-refractivity contribution in [1.29, 1.82) is 0 Å². The van der Waals surface area contributed by atoms with E-state index in [0.29, 0.717) is 25.4 Å². The van der Waals surface area contributed by atoms with Gasteiger partial charge in [0.2, 0.25) is 0 Å². The maximum atomic E-state index is 11.3. The molecule has 1 fully saturated rings. The van der Waals surface area contributed by atoms with Gasteiger partial charge in [0.25, 0.3) is 0 Å². The van der Waals surface area contributed by atoms with Crippen LogP contribution in [0.15, 0.2) is 12.5 Å². The molecule has 0 aromatic carbocycles. The van der Waals surface area contributed by atoms with E-state index in [-0.39, 0.29) is 5.92 Å². The molecule has 118 valence electrons. The van der Waals surface area contributed by atoms with Crippen LogP contribution in [-0.4, -0.2) is 27.2 Å². The predicted octanol–water partition coefficient (Wildman–Crippen LogP) is 2.62. The number of aliphatic carboxylic acids is 1. The van der Waals surface area contributed by atoms with Gasteiger partial charge in [-0.1, -0.05) is 6.92 Å². The Hall–Kier alpha value is -1.36. The second kappa shape index (κ2) is 7.59. The SMILES string of the molecule is CC1CCC(n2cnc(C[C@@H](CCCN)C(=O)O)c2)CC1. The first-order valence-electron chi connectivity index (χ1n) is 8.05. The molecule has 3 N–H and O–H groups in total. The monoisotopic (exact) mass is 293 g/mol. The minimum Gasteiger partial charge on any atom is -0.481 e. The van der Waals surface area contributed by atoms with Gasteiger partial charge < -0.3 is 15.4 Å². The zero-order valence-corrected chi connectivity index (χ0v) is 12.9. The normalized spacial score (nSPS) is 23.9. The number of carbonyl (C=O) groups is 1. The predicted molar refractivity (Wildman–Crippen MR) is 82.0 cm³/mol. The Morgan fingerprint density at radius 2 is 2.19 bits per heavy atom. The van der Waals surface area contributed by atoms with E-state index >= 15 is 0 Å². The fraction of sp³-hybridized carbons (Fsp3) is 0.750. The highest BCUT2D eigenvalue weighted by Crippen LogP contribution is 2.31. The Labute approximate surface area is 126 Å². The van der Waals surface area contributed by atoms with Crippen LogP contribution in [0, 0.1) is 11.8 Å². The van der Waals surface area contributed by atoms with Crippen LogP contribution in [0.2, 0.25) is 0 Å². The van der Waals surface area contributed by atoms with Crippen LogP contribution >= 0.6 is 0 Å². The van der Waals surface area contributed by atoms with Gasteiger partial charge in [-0.15, -0.1) is 0 Å². The molecule has 0 unspecified atom stereocenters. The van der Waals surface area contributed by atoms with Crippen LogP contribution in [-0.2, 0) is 11.2 Å². The number of imidazole rings is 1. The molecule has 1 aliphatic rings. The second-order valence-corrected chi connectivity index (χ2v) is 6.40. The summed E-state index contributed by atoms with van der Waals surface area (Å²) in [7, 11) is 0. The van der Waals surface area contributed by atoms with Gasteiger partial charge >= 0.3 is 5.97 Å². The molecule has 5 heteroatoms. The number of aromatic nitrogens is 2. The summed E-state index contributed by atoms with van der Waals surface area (Å²) in [6.07, 6.45) is 10.7. The Bertz CT molecular complexity index is 450. The smallest absolute Gasteiger partial charge is 0.306 e. The lowest BCUT2D eigenvalue weighted by Gasteiger charge is -2.26. The van der Waals surface area contributed by atoms with E-state index in [4.69, 9.17) is 5.73 Å². The third kappa shape index (κ3) is 4.56. The molecule has 5 nitrogen and oxygen atoms in total. The van der Waals surface area contributed by atoms with E-state index in [1.165, 1.54) is 25.7 Å². The lowest BCUT2D eigenvalue weighted by atomic mass is 9.87. The Balaban J connectivity index is 1.93. The van der Waals surface area contributed by atoms with Crippen molar-refractivity contribution < 1.29 is 9.90 Å². The van der Waals surface area contributed by atoms with Crippen molar-refractivity contribution in [1.82, 2.24) is 9.55 Å². The van der Waals surface area contributed by atoms with Crippen molar-refractivity contribution in [3.63, 3.8) is 0 Å². The number of rotatable bonds is 7. The van der Waals surface area contributed by atoms with Gasteiger partial charge in [0.1, 0.15) is 0 Å². The molecule has 1 aliphatic carbocycles. The van der Waals surface area contributed by atoms with Gasteiger partial charge in [-0.3, -0.25) is 4.79 Å². The zero-order chi connectivity index (χ0) is 15.2. The molecule has 0 bridgehead atoms. The summed E-state index contributed by atoms with van der Waals surface area (Å²) in [4.78, 5) is 15.7. The molecule has 0 radical (unpaired) electrons. The molecule has 2 rings (SSSR count). The molecule has 1 aromatic heterocycles. The Morgan fingerprint density at radius 3 is 2.81 bits per heavy atom. The molecule has 1 heterocycles. The highest BCUT2D eigenvalue weighted by atomic mass is 16.4. The molecule has 21 heavy (non-hydrogen) atoms. The first-order chi connectivity index (χ1) is 10.1. The van der Waals surface area contributed by atoms with Gasteiger partial charge in [0.15, 0.2) is 0 Å². The molecule has 0 aliphatic heterocycles. The van der Waals surface area contributed by atoms with Crippen molar-refractivity contribution in [2.45, 2.75) is 57.9 Å². The van der Waals surface area contributed by atoms with E-state index in [2.05, 4.69) is 16.5 Å². The minimum atomic E-state index is -0.746. The van der Waals surface area contributed by atoms with Crippen molar-refractivity contribution in [3.05, 3.63) is 18.2 Å². The Kier molecular flexibility index (Phi) is 5.79. The summed E-state index contributed by atoms with van der Waals surface area (Å²) >= 11 is 0. The van der Waals surface area contributed by atoms with E-state index in [1.54, 1.807) is 0 Å². The first-order valence-corrected chi connectivity index (χ1v) is 8.05. The third-order valence-electron chi connectivity index (χ3n) is 4.62. The number of hydrogen-bond donors (Lipinski definition) is 2. The summed E-state index contributed by atoms with van der Waals surface area (Å²) in [5.74, 6) is -0.287. The highest BCUT2D eigenvalue weighted by Gasteiger charge is 2.22. The minimum absolute atomic E-state index is 0.372. The fourth-order valence-electron chi connectivity index (χ4n) is 3.15. The first kappa shape index (κ1) is 16.0. The van der Waals surface area contributed by atoms with Gasteiger partial charge in [0, 0.05) is 18.7 Å². The molecular formula is C16H27N3O2. The Morgan fingerprint density at radius 1 is 1.48 bits per heavy atom. The summed E-state index contributed by atoms with van der Waals surface area (Å²) in [5, 5.41) is 9.27. The van der Waals surface area contributed by atoms with Crippen LogP contribution in [0.4, 0.5) is 0 Å². The quantitative estimate of drug-likeness (QED) is 0.809. The number of carboxylic acids is 1. The van der Waals surface area contributed by atoms with Crippen LogP contribution in [0.3, 0.4) is 0 Å². The van der Waals surface area contributed by atoms with Crippen LogP contribution in [0.5, 0.6) is 0 Å². The van der Waals surface area contributed by atoms with E-state index < -0.39 is 5.97 Å².